The molecular weight excluding hydrogens is 328 g/mol. The third kappa shape index (κ3) is 4.14. The fourth-order valence-corrected chi connectivity index (χ4v) is 4.68. The molecule has 0 aromatic heterocycles. The van der Waals surface area contributed by atoms with E-state index in [2.05, 4.69) is 0 Å². The van der Waals surface area contributed by atoms with Crippen LogP contribution in [0.4, 0.5) is 5.69 Å². The summed E-state index contributed by atoms with van der Waals surface area (Å²) in [5, 5.41) is 0. The number of hydrogen-bond donors (Lipinski definition) is 0. The zero-order valence-corrected chi connectivity index (χ0v) is 15.4. The van der Waals surface area contributed by atoms with E-state index in [1.807, 2.05) is 32.0 Å². The molecule has 1 unspecified atom stereocenters. The number of hydrogen-bond acceptors (Lipinski definition) is 4. The fraction of sp³-hybridized carbons (Fsp3) is 0.529. The van der Waals surface area contributed by atoms with Crippen molar-refractivity contribution in [1.82, 2.24) is 4.90 Å². The average molecular weight is 352 g/mol. The molecular formula is C17H24N2O4S. The molecule has 1 atom stereocenters. The second-order valence-corrected chi connectivity index (χ2v) is 8.69. The Hall–Kier alpha value is -1.89. The smallest absolute Gasteiger partial charge is 0.242 e. The standard InChI is InChI=1S/C17H24N2O4S/c1-12-5-6-13(2)16(9-12)19(14(3)20)10-17(21)18(4)15-7-8-24(22,23)11-15/h5-6,9,15H,7-8,10-11H2,1-4H3. The first-order valence-electron chi connectivity index (χ1n) is 7.92. The summed E-state index contributed by atoms with van der Waals surface area (Å²) in [6.07, 6.45) is 0.452. The molecule has 0 radical (unpaired) electrons. The Labute approximate surface area is 143 Å². The Kier molecular flexibility index (Phi) is 5.32. The summed E-state index contributed by atoms with van der Waals surface area (Å²) in [4.78, 5) is 27.5. The number of carbonyl (C=O) groups is 2. The maximum atomic E-state index is 12.6. The lowest BCUT2D eigenvalue weighted by Crippen LogP contribution is -2.45. The zero-order valence-electron chi connectivity index (χ0n) is 14.6. The van der Waals surface area contributed by atoms with Gasteiger partial charge in [-0.05, 0) is 37.5 Å². The summed E-state index contributed by atoms with van der Waals surface area (Å²) in [5.41, 5.74) is 2.63. The maximum Gasteiger partial charge on any atom is 0.242 e. The molecule has 1 aliphatic heterocycles. The highest BCUT2D eigenvalue weighted by Crippen LogP contribution is 2.23. The number of rotatable bonds is 4. The first kappa shape index (κ1) is 18.4. The molecule has 1 heterocycles. The third-order valence-electron chi connectivity index (χ3n) is 4.48. The van der Waals surface area contributed by atoms with Gasteiger partial charge >= 0.3 is 0 Å². The third-order valence-corrected chi connectivity index (χ3v) is 6.23. The van der Waals surface area contributed by atoms with Crippen molar-refractivity contribution < 1.29 is 18.0 Å². The van der Waals surface area contributed by atoms with Crippen molar-refractivity contribution in [2.24, 2.45) is 0 Å². The lowest BCUT2D eigenvalue weighted by Gasteiger charge is -2.28. The Balaban J connectivity index is 2.17. The van der Waals surface area contributed by atoms with Crippen LogP contribution >= 0.6 is 0 Å². The molecule has 132 valence electrons. The highest BCUT2D eigenvalue weighted by atomic mass is 32.2. The summed E-state index contributed by atoms with van der Waals surface area (Å²) >= 11 is 0. The van der Waals surface area contributed by atoms with Crippen LogP contribution in [0.2, 0.25) is 0 Å². The second kappa shape index (κ2) is 6.93. The summed E-state index contributed by atoms with van der Waals surface area (Å²) in [6, 6.07) is 5.44. The van der Waals surface area contributed by atoms with E-state index in [4.69, 9.17) is 0 Å². The molecule has 1 saturated heterocycles. The molecule has 0 spiro atoms. The van der Waals surface area contributed by atoms with Crippen molar-refractivity contribution in [3.63, 3.8) is 0 Å². The summed E-state index contributed by atoms with van der Waals surface area (Å²) in [5.74, 6) is -0.362. The van der Waals surface area contributed by atoms with E-state index in [0.29, 0.717) is 12.1 Å². The molecule has 2 amide bonds. The Morgan fingerprint density at radius 2 is 1.92 bits per heavy atom. The van der Waals surface area contributed by atoms with Crippen LogP contribution in [0.1, 0.15) is 24.5 Å². The predicted octanol–water partition coefficient (Wildman–Crippen LogP) is 1.30. The highest BCUT2D eigenvalue weighted by molar-refractivity contribution is 7.91. The van der Waals surface area contributed by atoms with Gasteiger partial charge in [0.2, 0.25) is 11.8 Å². The lowest BCUT2D eigenvalue weighted by molar-refractivity contribution is -0.131. The number of carbonyl (C=O) groups excluding carboxylic acids is 2. The normalized spacial score (nSPS) is 19.1. The quantitative estimate of drug-likeness (QED) is 0.819. The minimum atomic E-state index is -3.06. The average Bonchev–Trinajstić information content (AvgIpc) is 2.86. The van der Waals surface area contributed by atoms with Gasteiger partial charge in [-0.25, -0.2) is 8.42 Å². The van der Waals surface area contributed by atoms with Gasteiger partial charge < -0.3 is 9.80 Å². The van der Waals surface area contributed by atoms with E-state index in [1.54, 1.807) is 7.05 Å². The summed E-state index contributed by atoms with van der Waals surface area (Å²) in [7, 11) is -1.45. The van der Waals surface area contributed by atoms with E-state index < -0.39 is 9.84 Å². The molecule has 1 aliphatic rings. The number of benzene rings is 1. The molecule has 0 aliphatic carbocycles. The number of nitrogens with zero attached hydrogens (tertiary/aromatic N) is 2. The van der Waals surface area contributed by atoms with Gasteiger partial charge in [-0.1, -0.05) is 12.1 Å². The van der Waals surface area contributed by atoms with Crippen LogP contribution < -0.4 is 4.90 Å². The Morgan fingerprint density at radius 3 is 2.46 bits per heavy atom. The topological polar surface area (TPSA) is 74.8 Å². The summed E-state index contributed by atoms with van der Waals surface area (Å²) < 4.78 is 23.2. The lowest BCUT2D eigenvalue weighted by atomic mass is 10.1. The predicted molar refractivity (Wildman–Crippen MR) is 93.8 cm³/mol. The highest BCUT2D eigenvalue weighted by Gasteiger charge is 2.33. The van der Waals surface area contributed by atoms with Gasteiger partial charge in [-0.2, -0.15) is 0 Å². The molecule has 0 saturated carbocycles. The molecule has 1 aromatic carbocycles. The van der Waals surface area contributed by atoms with Crippen LogP contribution in [0.3, 0.4) is 0 Å². The van der Waals surface area contributed by atoms with Crippen LogP contribution in [0, 0.1) is 13.8 Å². The molecule has 24 heavy (non-hydrogen) atoms. The minimum absolute atomic E-state index is 0.00121. The second-order valence-electron chi connectivity index (χ2n) is 6.46. The first-order chi connectivity index (χ1) is 11.1. The van der Waals surface area contributed by atoms with Gasteiger partial charge in [-0.15, -0.1) is 0 Å². The van der Waals surface area contributed by atoms with Crippen molar-refractivity contribution in [3.8, 4) is 0 Å². The molecule has 1 aromatic rings. The minimum Gasteiger partial charge on any atom is -0.340 e. The SMILES string of the molecule is CC(=O)N(CC(=O)N(C)C1CCS(=O)(=O)C1)c1cc(C)ccc1C. The molecule has 7 heteroatoms. The summed E-state index contributed by atoms with van der Waals surface area (Å²) in [6.45, 7) is 5.16. The largest absolute Gasteiger partial charge is 0.340 e. The Bertz CT molecular complexity index is 758. The number of likely N-dealkylation sites (N-methyl/N-ethyl adjacent to an activating group) is 1. The molecule has 6 nitrogen and oxygen atoms in total. The maximum absolute atomic E-state index is 12.6. The molecule has 1 fully saturated rings. The van der Waals surface area contributed by atoms with Crippen LogP contribution in [0.25, 0.3) is 0 Å². The number of aryl methyl sites for hydroxylation is 2. The number of anilines is 1. The van der Waals surface area contributed by atoms with Crippen molar-refractivity contribution in [1.29, 1.82) is 0 Å². The van der Waals surface area contributed by atoms with Crippen LogP contribution in [-0.4, -0.2) is 56.3 Å². The van der Waals surface area contributed by atoms with E-state index >= 15 is 0 Å². The van der Waals surface area contributed by atoms with Crippen LogP contribution in [0.15, 0.2) is 18.2 Å². The van der Waals surface area contributed by atoms with Gasteiger partial charge in [0.15, 0.2) is 9.84 Å². The Morgan fingerprint density at radius 1 is 1.25 bits per heavy atom. The van der Waals surface area contributed by atoms with Gasteiger partial charge in [0, 0.05) is 25.7 Å². The van der Waals surface area contributed by atoms with Gasteiger partial charge in [-0.3, -0.25) is 9.59 Å². The molecule has 0 N–H and O–H groups in total. The molecule has 2 rings (SSSR count). The fourth-order valence-electron chi connectivity index (χ4n) is 2.91. The van der Waals surface area contributed by atoms with Crippen molar-refractivity contribution >= 4 is 27.3 Å². The van der Waals surface area contributed by atoms with E-state index in [-0.39, 0.29) is 35.9 Å². The van der Waals surface area contributed by atoms with Crippen molar-refractivity contribution in [2.45, 2.75) is 33.2 Å². The van der Waals surface area contributed by atoms with Gasteiger partial charge in [0.05, 0.1) is 11.5 Å². The van der Waals surface area contributed by atoms with E-state index in [0.717, 1.165) is 11.1 Å². The number of sulfone groups is 1. The van der Waals surface area contributed by atoms with Crippen LogP contribution in [0.5, 0.6) is 0 Å². The monoisotopic (exact) mass is 352 g/mol. The van der Waals surface area contributed by atoms with Gasteiger partial charge in [0.25, 0.3) is 0 Å². The van der Waals surface area contributed by atoms with E-state index in [9.17, 15) is 18.0 Å². The first-order valence-corrected chi connectivity index (χ1v) is 9.74. The van der Waals surface area contributed by atoms with E-state index in [1.165, 1.54) is 16.7 Å². The van der Waals surface area contributed by atoms with Gasteiger partial charge in [0.1, 0.15) is 6.54 Å². The zero-order chi connectivity index (χ0) is 18.1. The number of amides is 2. The van der Waals surface area contributed by atoms with Crippen LogP contribution in [-0.2, 0) is 19.4 Å². The molecule has 0 bridgehead atoms. The van der Waals surface area contributed by atoms with Crippen molar-refractivity contribution in [2.75, 3.05) is 30.0 Å². The van der Waals surface area contributed by atoms with Crippen molar-refractivity contribution in [3.05, 3.63) is 29.3 Å².